The van der Waals surface area contributed by atoms with Crippen LogP contribution in [0.15, 0.2) is 30.3 Å². The van der Waals surface area contributed by atoms with Crippen LogP contribution in [0.2, 0.25) is 0 Å². The summed E-state index contributed by atoms with van der Waals surface area (Å²) in [7, 11) is 0. The lowest BCUT2D eigenvalue weighted by molar-refractivity contribution is 0.295. The first-order valence-corrected chi connectivity index (χ1v) is 12.1. The van der Waals surface area contributed by atoms with Crippen molar-refractivity contribution >= 4 is 0 Å². The fourth-order valence-corrected chi connectivity index (χ4v) is 3.97. The summed E-state index contributed by atoms with van der Waals surface area (Å²) in [6.45, 7) is 8.28. The van der Waals surface area contributed by atoms with Gasteiger partial charge in [-0.05, 0) is 44.5 Å². The Morgan fingerprint density at radius 3 is 1.36 bits per heavy atom. The van der Waals surface area contributed by atoms with Crippen LogP contribution in [0.4, 0.5) is 0 Å². The number of benzene rings is 1. The molecule has 0 aliphatic rings. The molecule has 0 fully saturated rings. The van der Waals surface area contributed by atoms with Gasteiger partial charge in [0.15, 0.2) is 0 Å². The van der Waals surface area contributed by atoms with E-state index < -0.39 is 0 Å². The van der Waals surface area contributed by atoms with Crippen LogP contribution in [-0.4, -0.2) is 30.0 Å². The fourth-order valence-electron chi connectivity index (χ4n) is 3.97. The molecular formula is C26H49NO. The molecule has 2 heteroatoms. The summed E-state index contributed by atoms with van der Waals surface area (Å²) < 4.78 is 0. The molecule has 1 aromatic carbocycles. The van der Waals surface area contributed by atoms with E-state index in [2.05, 4.69) is 49.1 Å². The van der Waals surface area contributed by atoms with E-state index in [9.17, 15) is 0 Å². The van der Waals surface area contributed by atoms with Gasteiger partial charge in [-0.1, -0.05) is 121 Å². The van der Waals surface area contributed by atoms with E-state index in [1.807, 2.05) is 0 Å². The van der Waals surface area contributed by atoms with Gasteiger partial charge in [-0.3, -0.25) is 0 Å². The zero-order chi connectivity index (χ0) is 19.4. The summed E-state index contributed by atoms with van der Waals surface area (Å²) in [5.41, 5.74) is 1.50. The minimum Gasteiger partial charge on any atom is -0.412 e. The highest BCUT2D eigenvalue weighted by Crippen LogP contribution is 2.14. The molecule has 0 atom stereocenters. The Hall–Kier alpha value is -0.860. The highest BCUT2D eigenvalue weighted by molar-refractivity contribution is 5.14. The molecule has 28 heavy (non-hydrogen) atoms. The first-order chi connectivity index (χ1) is 13.4. The third-order valence-electron chi connectivity index (χ3n) is 5.93. The van der Waals surface area contributed by atoms with Crippen molar-refractivity contribution in [3.63, 3.8) is 0 Å². The maximum Gasteiger partial charge on any atom is -0.00190 e. The van der Waals surface area contributed by atoms with Gasteiger partial charge in [0.2, 0.25) is 0 Å². The fraction of sp³-hybridized carbons (Fsp3) is 0.769. The Kier molecular flexibility index (Phi) is 20.2. The third kappa shape index (κ3) is 16.1. The van der Waals surface area contributed by atoms with E-state index in [1.54, 1.807) is 0 Å². The molecule has 0 aliphatic heterocycles. The molecule has 0 radical (unpaired) electrons. The second-order valence-electron chi connectivity index (χ2n) is 8.21. The lowest BCUT2D eigenvalue weighted by Crippen LogP contribution is -2.23. The number of rotatable bonds is 19. The Bertz CT molecular complexity index is 402. The number of aryl methyl sites for hydroxylation is 1. The van der Waals surface area contributed by atoms with Crippen LogP contribution in [-0.2, 0) is 6.42 Å². The van der Waals surface area contributed by atoms with E-state index in [4.69, 9.17) is 0 Å². The van der Waals surface area contributed by atoms with Crippen LogP contribution in [0.25, 0.3) is 0 Å². The molecule has 1 aromatic rings. The number of hydrogen-bond acceptors (Lipinski definition) is 1. The van der Waals surface area contributed by atoms with Crippen LogP contribution in [0.5, 0.6) is 0 Å². The molecule has 0 spiro atoms. The van der Waals surface area contributed by atoms with Gasteiger partial charge < -0.3 is 10.4 Å². The summed E-state index contributed by atoms with van der Waals surface area (Å²) in [6, 6.07) is 10.9. The molecule has 164 valence electrons. The highest BCUT2D eigenvalue weighted by Gasteiger charge is 1.98. The molecule has 0 heterocycles. The van der Waals surface area contributed by atoms with Crippen molar-refractivity contribution in [1.29, 1.82) is 0 Å². The van der Waals surface area contributed by atoms with E-state index in [0.717, 1.165) is 0 Å². The predicted molar refractivity (Wildman–Crippen MR) is 126 cm³/mol. The molecule has 2 nitrogen and oxygen atoms in total. The summed E-state index contributed by atoms with van der Waals surface area (Å²) in [5.74, 6) is 0. The van der Waals surface area contributed by atoms with E-state index >= 15 is 0 Å². The molecule has 2 N–H and O–H groups in total. The Labute approximate surface area is 176 Å². The van der Waals surface area contributed by atoms with Crippen LogP contribution in [0.1, 0.15) is 109 Å². The van der Waals surface area contributed by atoms with Crippen molar-refractivity contribution in [2.75, 3.05) is 19.6 Å². The minimum absolute atomic E-state index is 0. The largest absolute Gasteiger partial charge is 0.412 e. The van der Waals surface area contributed by atoms with E-state index in [-0.39, 0.29) is 5.48 Å². The van der Waals surface area contributed by atoms with Gasteiger partial charge in [0.05, 0.1) is 0 Å². The van der Waals surface area contributed by atoms with Crippen LogP contribution in [0, 0.1) is 0 Å². The first-order valence-electron chi connectivity index (χ1n) is 12.1. The SMILES string of the molecule is CCN(CC)CCCCCCCCCCCCCCCCc1ccccc1.O. The van der Waals surface area contributed by atoms with Crippen molar-refractivity contribution in [2.24, 2.45) is 0 Å². The zero-order valence-electron chi connectivity index (χ0n) is 19.1. The van der Waals surface area contributed by atoms with Gasteiger partial charge in [-0.25, -0.2) is 0 Å². The highest BCUT2D eigenvalue weighted by atomic mass is 16.0. The average molecular weight is 392 g/mol. The normalized spacial score (nSPS) is 11.0. The summed E-state index contributed by atoms with van der Waals surface area (Å²) >= 11 is 0. The summed E-state index contributed by atoms with van der Waals surface area (Å²) in [4.78, 5) is 2.54. The Balaban J connectivity index is 0.00000729. The summed E-state index contributed by atoms with van der Waals surface area (Å²) in [6.07, 6.45) is 21.4. The van der Waals surface area contributed by atoms with E-state index in [0.29, 0.717) is 0 Å². The van der Waals surface area contributed by atoms with Gasteiger partial charge in [0.1, 0.15) is 0 Å². The average Bonchev–Trinajstić information content (AvgIpc) is 2.71. The van der Waals surface area contributed by atoms with Gasteiger partial charge >= 0.3 is 0 Å². The van der Waals surface area contributed by atoms with Gasteiger partial charge in [-0.2, -0.15) is 0 Å². The second-order valence-corrected chi connectivity index (χ2v) is 8.21. The van der Waals surface area contributed by atoms with E-state index in [1.165, 1.54) is 122 Å². The first kappa shape index (κ1) is 27.1. The molecule has 0 amide bonds. The van der Waals surface area contributed by atoms with Crippen LogP contribution >= 0.6 is 0 Å². The van der Waals surface area contributed by atoms with Crippen molar-refractivity contribution in [2.45, 2.75) is 110 Å². The van der Waals surface area contributed by atoms with Crippen LogP contribution in [0.3, 0.4) is 0 Å². The Morgan fingerprint density at radius 2 is 0.929 bits per heavy atom. The second kappa shape index (κ2) is 20.9. The minimum atomic E-state index is 0. The molecular weight excluding hydrogens is 342 g/mol. The molecule has 0 saturated heterocycles. The monoisotopic (exact) mass is 391 g/mol. The molecule has 0 aromatic heterocycles. The molecule has 0 bridgehead atoms. The van der Waals surface area contributed by atoms with Gasteiger partial charge in [0.25, 0.3) is 0 Å². The number of nitrogens with zero attached hydrogens (tertiary/aromatic N) is 1. The molecule has 0 saturated carbocycles. The zero-order valence-corrected chi connectivity index (χ0v) is 19.1. The third-order valence-corrected chi connectivity index (χ3v) is 5.93. The summed E-state index contributed by atoms with van der Waals surface area (Å²) in [5, 5.41) is 0. The number of hydrogen-bond donors (Lipinski definition) is 0. The quantitative estimate of drug-likeness (QED) is 0.229. The molecule has 0 unspecified atom stereocenters. The molecule has 0 aliphatic carbocycles. The topological polar surface area (TPSA) is 34.7 Å². The van der Waals surface area contributed by atoms with Crippen molar-refractivity contribution < 1.29 is 5.48 Å². The van der Waals surface area contributed by atoms with Crippen molar-refractivity contribution in [3.05, 3.63) is 35.9 Å². The maximum atomic E-state index is 2.54. The molecule has 1 rings (SSSR count). The van der Waals surface area contributed by atoms with Crippen LogP contribution < -0.4 is 0 Å². The standard InChI is InChI=1S/C26H47N.H2O/c1-3-27(4-2)25-21-16-14-12-10-8-6-5-7-9-11-13-15-18-22-26-23-19-17-20-24-26;/h17,19-20,23-24H,3-16,18,21-22,25H2,1-2H3;1H2. The van der Waals surface area contributed by atoms with Gasteiger partial charge in [-0.15, -0.1) is 0 Å². The van der Waals surface area contributed by atoms with Crippen molar-refractivity contribution in [3.8, 4) is 0 Å². The predicted octanol–water partition coefficient (Wildman–Crippen LogP) is 7.21. The van der Waals surface area contributed by atoms with Crippen molar-refractivity contribution in [1.82, 2.24) is 4.90 Å². The maximum absolute atomic E-state index is 2.54. The lowest BCUT2D eigenvalue weighted by atomic mass is 10.0. The number of unbranched alkanes of at least 4 members (excludes halogenated alkanes) is 13. The van der Waals surface area contributed by atoms with Gasteiger partial charge in [0, 0.05) is 0 Å². The smallest absolute Gasteiger partial charge is 0.00190 e. The Morgan fingerprint density at radius 1 is 0.536 bits per heavy atom. The lowest BCUT2D eigenvalue weighted by Gasteiger charge is -2.17.